The molecule has 1 N–H and O–H groups in total. The number of aromatic nitrogens is 2. The molecule has 26 heavy (non-hydrogen) atoms. The van der Waals surface area contributed by atoms with Gasteiger partial charge >= 0.3 is 5.97 Å². The number of nitrogens with one attached hydrogen (secondary N) is 1. The number of nitrogens with zero attached hydrogens (tertiary/aromatic N) is 2. The SMILES string of the molecule is COC(=O)c1ccc(CNc2ccnc3ccc(Br)cc23)nc1C1CC1. The number of esters is 1. The Morgan fingerprint density at radius 1 is 1.27 bits per heavy atom. The van der Waals surface area contributed by atoms with E-state index in [1.807, 2.05) is 36.4 Å². The third-order valence-corrected chi connectivity index (χ3v) is 5.01. The van der Waals surface area contributed by atoms with E-state index in [-0.39, 0.29) is 5.97 Å². The van der Waals surface area contributed by atoms with Crippen molar-refractivity contribution < 1.29 is 9.53 Å². The Hall–Kier alpha value is -2.47. The van der Waals surface area contributed by atoms with Crippen LogP contribution in [-0.4, -0.2) is 23.0 Å². The van der Waals surface area contributed by atoms with E-state index < -0.39 is 0 Å². The molecule has 4 rings (SSSR count). The lowest BCUT2D eigenvalue weighted by atomic mass is 10.1. The van der Waals surface area contributed by atoms with Crippen LogP contribution in [-0.2, 0) is 11.3 Å². The van der Waals surface area contributed by atoms with Crippen molar-refractivity contribution in [1.82, 2.24) is 9.97 Å². The monoisotopic (exact) mass is 411 g/mol. The smallest absolute Gasteiger partial charge is 0.339 e. The van der Waals surface area contributed by atoms with Crippen LogP contribution in [0.25, 0.3) is 10.9 Å². The topological polar surface area (TPSA) is 64.1 Å². The highest BCUT2D eigenvalue weighted by molar-refractivity contribution is 9.10. The number of carbonyl (C=O) groups excluding carboxylic acids is 1. The summed E-state index contributed by atoms with van der Waals surface area (Å²) in [4.78, 5) is 21.1. The van der Waals surface area contributed by atoms with Crippen molar-refractivity contribution in [3.8, 4) is 0 Å². The summed E-state index contributed by atoms with van der Waals surface area (Å²) in [5.74, 6) is 0.0608. The maximum absolute atomic E-state index is 11.9. The third kappa shape index (κ3) is 3.42. The fourth-order valence-electron chi connectivity index (χ4n) is 3.02. The molecule has 0 saturated heterocycles. The van der Waals surface area contributed by atoms with Gasteiger partial charge in [0.1, 0.15) is 0 Å². The standard InChI is InChI=1S/C20H18BrN3O2/c1-26-20(25)15-6-5-14(24-19(15)12-2-3-12)11-23-18-8-9-22-17-7-4-13(21)10-16(17)18/h4-10,12H,2-3,11H2,1H3,(H,22,23). The van der Waals surface area contributed by atoms with Gasteiger partial charge < -0.3 is 10.1 Å². The number of methoxy groups -OCH3 is 1. The number of anilines is 1. The van der Waals surface area contributed by atoms with Crippen molar-refractivity contribution in [2.75, 3.05) is 12.4 Å². The van der Waals surface area contributed by atoms with E-state index in [1.165, 1.54) is 7.11 Å². The third-order valence-electron chi connectivity index (χ3n) is 4.52. The number of halogens is 1. The van der Waals surface area contributed by atoms with Crippen LogP contribution >= 0.6 is 15.9 Å². The molecule has 0 bridgehead atoms. The summed E-state index contributed by atoms with van der Waals surface area (Å²) in [6.07, 6.45) is 3.95. The van der Waals surface area contributed by atoms with Crippen molar-refractivity contribution >= 4 is 38.5 Å². The summed E-state index contributed by atoms with van der Waals surface area (Å²) in [7, 11) is 1.40. The number of carbonyl (C=O) groups is 1. The fraction of sp³-hybridized carbons (Fsp3) is 0.250. The van der Waals surface area contributed by atoms with Crippen LogP contribution in [0, 0.1) is 0 Å². The molecule has 5 nitrogen and oxygen atoms in total. The minimum atomic E-state index is -0.316. The maximum atomic E-state index is 11.9. The Labute approximate surface area is 159 Å². The van der Waals surface area contributed by atoms with Crippen LogP contribution in [0.4, 0.5) is 5.69 Å². The summed E-state index contributed by atoms with van der Waals surface area (Å²) in [5.41, 5.74) is 4.28. The largest absolute Gasteiger partial charge is 0.465 e. The van der Waals surface area contributed by atoms with Gasteiger partial charge in [-0.1, -0.05) is 15.9 Å². The van der Waals surface area contributed by atoms with Crippen molar-refractivity contribution in [3.05, 3.63) is 64.0 Å². The minimum Gasteiger partial charge on any atom is -0.465 e. The van der Waals surface area contributed by atoms with Gasteiger partial charge in [-0.05, 0) is 49.2 Å². The molecule has 0 radical (unpaired) electrons. The number of benzene rings is 1. The van der Waals surface area contributed by atoms with Gasteiger partial charge in [0.05, 0.1) is 36.1 Å². The number of fused-ring (bicyclic) bond motifs is 1. The molecule has 2 aromatic heterocycles. The number of pyridine rings is 2. The number of hydrogen-bond donors (Lipinski definition) is 1. The Morgan fingerprint density at radius 2 is 2.12 bits per heavy atom. The Balaban J connectivity index is 1.60. The molecule has 3 aromatic rings. The van der Waals surface area contributed by atoms with Crippen LogP contribution in [0.5, 0.6) is 0 Å². The average Bonchev–Trinajstić information content (AvgIpc) is 3.50. The van der Waals surface area contributed by atoms with E-state index in [0.29, 0.717) is 18.0 Å². The molecule has 2 heterocycles. The van der Waals surface area contributed by atoms with Crippen molar-refractivity contribution in [2.24, 2.45) is 0 Å². The molecule has 1 aromatic carbocycles. The number of rotatable bonds is 5. The molecule has 0 spiro atoms. The van der Waals surface area contributed by atoms with Gasteiger partial charge in [0.15, 0.2) is 0 Å². The van der Waals surface area contributed by atoms with Gasteiger partial charge in [0.2, 0.25) is 0 Å². The predicted molar refractivity (Wildman–Crippen MR) is 104 cm³/mol. The van der Waals surface area contributed by atoms with E-state index in [9.17, 15) is 4.79 Å². The zero-order valence-electron chi connectivity index (χ0n) is 14.3. The highest BCUT2D eigenvalue weighted by Gasteiger charge is 2.30. The second-order valence-corrected chi connectivity index (χ2v) is 7.29. The van der Waals surface area contributed by atoms with Crippen molar-refractivity contribution in [1.29, 1.82) is 0 Å². The van der Waals surface area contributed by atoms with Gasteiger partial charge in [-0.3, -0.25) is 9.97 Å². The Kier molecular flexibility index (Phi) is 4.59. The maximum Gasteiger partial charge on any atom is 0.339 e. The normalized spacial score (nSPS) is 13.6. The molecule has 0 atom stereocenters. The van der Waals surface area contributed by atoms with Crippen LogP contribution in [0.1, 0.15) is 40.5 Å². The molecule has 6 heteroatoms. The van der Waals surface area contributed by atoms with E-state index >= 15 is 0 Å². The van der Waals surface area contributed by atoms with Gasteiger partial charge in [-0.2, -0.15) is 0 Å². The van der Waals surface area contributed by atoms with Gasteiger partial charge in [0, 0.05) is 27.7 Å². The van der Waals surface area contributed by atoms with E-state index in [4.69, 9.17) is 9.72 Å². The Bertz CT molecular complexity index is 986. The van der Waals surface area contributed by atoms with Crippen LogP contribution in [0.3, 0.4) is 0 Å². The summed E-state index contributed by atoms with van der Waals surface area (Å²) in [5, 5.41) is 4.49. The molecule has 1 aliphatic carbocycles. The first-order valence-electron chi connectivity index (χ1n) is 8.52. The van der Waals surface area contributed by atoms with Crippen molar-refractivity contribution in [3.63, 3.8) is 0 Å². The molecule has 1 fully saturated rings. The molecule has 0 aliphatic heterocycles. The lowest BCUT2D eigenvalue weighted by Gasteiger charge is -2.12. The van der Waals surface area contributed by atoms with Gasteiger partial charge in [-0.15, -0.1) is 0 Å². The summed E-state index contributed by atoms with van der Waals surface area (Å²) in [6, 6.07) is 11.7. The zero-order chi connectivity index (χ0) is 18.1. The second-order valence-electron chi connectivity index (χ2n) is 6.37. The van der Waals surface area contributed by atoms with Crippen molar-refractivity contribution in [2.45, 2.75) is 25.3 Å². The van der Waals surface area contributed by atoms with Gasteiger partial charge in [0.25, 0.3) is 0 Å². The minimum absolute atomic E-state index is 0.316. The van der Waals surface area contributed by atoms with Crippen LogP contribution < -0.4 is 5.32 Å². The highest BCUT2D eigenvalue weighted by Crippen LogP contribution is 2.40. The van der Waals surface area contributed by atoms with Crippen LogP contribution in [0.2, 0.25) is 0 Å². The van der Waals surface area contributed by atoms with Gasteiger partial charge in [-0.25, -0.2) is 4.79 Å². The zero-order valence-corrected chi connectivity index (χ0v) is 15.9. The quantitative estimate of drug-likeness (QED) is 0.618. The first-order chi connectivity index (χ1) is 12.7. The van der Waals surface area contributed by atoms with E-state index in [2.05, 4.69) is 26.2 Å². The van der Waals surface area contributed by atoms with E-state index in [0.717, 1.165) is 45.3 Å². The Morgan fingerprint density at radius 3 is 2.88 bits per heavy atom. The fourth-order valence-corrected chi connectivity index (χ4v) is 3.39. The summed E-state index contributed by atoms with van der Waals surface area (Å²) >= 11 is 3.51. The summed E-state index contributed by atoms with van der Waals surface area (Å²) < 4.78 is 5.89. The molecular weight excluding hydrogens is 394 g/mol. The summed E-state index contributed by atoms with van der Waals surface area (Å²) in [6.45, 7) is 0.576. The second kappa shape index (κ2) is 7.03. The highest BCUT2D eigenvalue weighted by atomic mass is 79.9. The van der Waals surface area contributed by atoms with E-state index in [1.54, 1.807) is 6.20 Å². The number of ether oxygens (including phenoxy) is 1. The average molecular weight is 412 g/mol. The van der Waals surface area contributed by atoms with Crippen LogP contribution in [0.15, 0.2) is 47.1 Å². The first kappa shape index (κ1) is 17.0. The molecule has 1 aliphatic rings. The predicted octanol–water partition coefficient (Wildman–Crippen LogP) is 4.67. The molecule has 0 amide bonds. The lowest BCUT2D eigenvalue weighted by molar-refractivity contribution is 0.0598. The molecular formula is C20H18BrN3O2. The molecule has 1 saturated carbocycles. The molecule has 0 unspecified atom stereocenters. The number of hydrogen-bond acceptors (Lipinski definition) is 5. The first-order valence-corrected chi connectivity index (χ1v) is 9.31. The lowest BCUT2D eigenvalue weighted by Crippen LogP contribution is -2.10. The molecule has 132 valence electrons.